The monoisotopic (exact) mass is 232 g/mol. The third kappa shape index (κ3) is 2.38. The number of nitrogens with one attached hydrogen (secondary N) is 1. The Bertz CT molecular complexity index is 485. The Morgan fingerprint density at radius 2 is 2.00 bits per heavy atom. The van der Waals surface area contributed by atoms with Crippen molar-refractivity contribution < 1.29 is 4.39 Å². The summed E-state index contributed by atoms with van der Waals surface area (Å²) in [5.74, 6) is -0.283. The Kier molecular flexibility index (Phi) is 3.18. The van der Waals surface area contributed by atoms with Crippen LogP contribution in [0, 0.1) is 17.1 Å². The minimum Gasteiger partial charge on any atom is -0.366 e. The minimum atomic E-state index is -0.392. The van der Waals surface area contributed by atoms with Crippen molar-refractivity contribution in [2.45, 2.75) is 6.04 Å². The van der Waals surface area contributed by atoms with E-state index in [1.807, 2.05) is 16.8 Å². The summed E-state index contributed by atoms with van der Waals surface area (Å²) >= 11 is 1.55. The van der Waals surface area contributed by atoms with Crippen molar-refractivity contribution in [3.05, 3.63) is 52.5 Å². The molecule has 2 aromatic rings. The minimum absolute atomic E-state index is 0.283. The number of nitriles is 1. The van der Waals surface area contributed by atoms with E-state index in [4.69, 9.17) is 5.26 Å². The molecule has 4 heteroatoms. The predicted molar refractivity (Wildman–Crippen MR) is 62.7 cm³/mol. The van der Waals surface area contributed by atoms with Gasteiger partial charge in [0.05, 0.1) is 6.07 Å². The van der Waals surface area contributed by atoms with Crippen LogP contribution in [-0.4, -0.2) is 0 Å². The van der Waals surface area contributed by atoms with Gasteiger partial charge < -0.3 is 5.32 Å². The molecule has 1 N–H and O–H groups in total. The van der Waals surface area contributed by atoms with Gasteiger partial charge in [-0.05, 0) is 46.7 Å². The molecule has 0 saturated heterocycles. The molecule has 0 fully saturated rings. The van der Waals surface area contributed by atoms with Gasteiger partial charge in [0.25, 0.3) is 0 Å². The van der Waals surface area contributed by atoms with E-state index in [0.29, 0.717) is 0 Å². The Labute approximate surface area is 97.0 Å². The average molecular weight is 232 g/mol. The zero-order valence-electron chi connectivity index (χ0n) is 8.35. The van der Waals surface area contributed by atoms with Crippen LogP contribution in [0.15, 0.2) is 41.1 Å². The Morgan fingerprint density at radius 3 is 2.56 bits per heavy atom. The molecular weight excluding hydrogens is 223 g/mol. The normalized spacial score (nSPS) is 11.8. The molecule has 0 spiro atoms. The molecule has 0 aliphatic heterocycles. The molecule has 16 heavy (non-hydrogen) atoms. The lowest BCUT2D eigenvalue weighted by atomic mass is 10.1. The number of halogens is 1. The molecule has 0 amide bonds. The van der Waals surface area contributed by atoms with Crippen LogP contribution in [0.4, 0.5) is 10.1 Å². The van der Waals surface area contributed by atoms with E-state index >= 15 is 0 Å². The molecule has 0 bridgehead atoms. The van der Waals surface area contributed by atoms with Crippen molar-refractivity contribution in [1.29, 1.82) is 5.26 Å². The fraction of sp³-hybridized carbons (Fsp3) is 0.0833. The topological polar surface area (TPSA) is 35.8 Å². The maximum absolute atomic E-state index is 12.7. The van der Waals surface area contributed by atoms with Crippen molar-refractivity contribution in [2.24, 2.45) is 0 Å². The van der Waals surface area contributed by atoms with Gasteiger partial charge in [-0.1, -0.05) is 0 Å². The van der Waals surface area contributed by atoms with Gasteiger partial charge >= 0.3 is 0 Å². The van der Waals surface area contributed by atoms with E-state index in [1.54, 1.807) is 23.5 Å². The largest absolute Gasteiger partial charge is 0.366 e. The van der Waals surface area contributed by atoms with Crippen molar-refractivity contribution in [3.63, 3.8) is 0 Å². The number of rotatable bonds is 3. The summed E-state index contributed by atoms with van der Waals surface area (Å²) in [7, 11) is 0. The second-order valence-electron chi connectivity index (χ2n) is 3.27. The zero-order valence-corrected chi connectivity index (χ0v) is 9.17. The molecule has 1 aromatic carbocycles. The molecule has 2 rings (SSSR count). The number of hydrogen-bond donors (Lipinski definition) is 1. The van der Waals surface area contributed by atoms with Gasteiger partial charge in [-0.15, -0.1) is 0 Å². The van der Waals surface area contributed by atoms with E-state index in [2.05, 4.69) is 11.4 Å². The van der Waals surface area contributed by atoms with Crippen molar-refractivity contribution >= 4 is 17.0 Å². The van der Waals surface area contributed by atoms with Gasteiger partial charge in [0.1, 0.15) is 11.9 Å². The third-order valence-corrected chi connectivity index (χ3v) is 2.86. The first kappa shape index (κ1) is 10.7. The second-order valence-corrected chi connectivity index (χ2v) is 4.05. The van der Waals surface area contributed by atoms with Gasteiger partial charge in [-0.3, -0.25) is 0 Å². The standard InChI is InChI=1S/C12H9FN2S/c13-10-1-3-11(4-2-10)15-12(7-14)9-5-6-16-8-9/h1-6,8,12,15H. The summed E-state index contributed by atoms with van der Waals surface area (Å²) in [5, 5.41) is 15.9. The smallest absolute Gasteiger partial charge is 0.141 e. The van der Waals surface area contributed by atoms with Crippen LogP contribution in [0.1, 0.15) is 11.6 Å². The molecular formula is C12H9FN2S. The first-order valence-corrected chi connectivity index (χ1v) is 5.67. The van der Waals surface area contributed by atoms with Crippen molar-refractivity contribution in [3.8, 4) is 6.07 Å². The number of thiophene rings is 1. The van der Waals surface area contributed by atoms with Crippen LogP contribution >= 0.6 is 11.3 Å². The molecule has 1 unspecified atom stereocenters. The third-order valence-electron chi connectivity index (χ3n) is 2.16. The number of hydrogen-bond acceptors (Lipinski definition) is 3. The van der Waals surface area contributed by atoms with Gasteiger partial charge in [0.2, 0.25) is 0 Å². The molecule has 1 aromatic heterocycles. The highest BCUT2D eigenvalue weighted by atomic mass is 32.1. The molecule has 0 radical (unpaired) electrons. The van der Waals surface area contributed by atoms with E-state index in [1.165, 1.54) is 12.1 Å². The SMILES string of the molecule is N#CC(Nc1ccc(F)cc1)c1ccsc1. The van der Waals surface area contributed by atoms with Crippen LogP contribution in [0.25, 0.3) is 0 Å². The number of anilines is 1. The fourth-order valence-electron chi connectivity index (χ4n) is 1.34. The molecule has 0 saturated carbocycles. The Hall–Kier alpha value is -1.86. The number of benzene rings is 1. The van der Waals surface area contributed by atoms with E-state index in [0.717, 1.165) is 11.3 Å². The summed E-state index contributed by atoms with van der Waals surface area (Å²) in [4.78, 5) is 0. The first-order chi connectivity index (χ1) is 7.79. The highest BCUT2D eigenvalue weighted by Gasteiger charge is 2.10. The lowest BCUT2D eigenvalue weighted by molar-refractivity contribution is 0.628. The fourth-order valence-corrected chi connectivity index (χ4v) is 2.03. The van der Waals surface area contributed by atoms with Crippen molar-refractivity contribution in [2.75, 3.05) is 5.32 Å². The van der Waals surface area contributed by atoms with Gasteiger partial charge in [-0.2, -0.15) is 16.6 Å². The molecule has 0 aliphatic rings. The summed E-state index contributed by atoms with van der Waals surface area (Å²) in [5.41, 5.74) is 1.66. The Balaban J connectivity index is 2.14. The first-order valence-electron chi connectivity index (χ1n) is 4.73. The molecule has 1 heterocycles. The van der Waals surface area contributed by atoms with E-state index in [-0.39, 0.29) is 5.82 Å². The maximum Gasteiger partial charge on any atom is 0.141 e. The van der Waals surface area contributed by atoms with Crippen LogP contribution in [0.2, 0.25) is 0 Å². The molecule has 80 valence electrons. The van der Waals surface area contributed by atoms with Crippen molar-refractivity contribution in [1.82, 2.24) is 0 Å². The quantitative estimate of drug-likeness (QED) is 0.878. The highest BCUT2D eigenvalue weighted by molar-refractivity contribution is 7.08. The summed E-state index contributed by atoms with van der Waals surface area (Å²) in [6, 6.07) is 9.64. The van der Waals surface area contributed by atoms with Crippen LogP contribution in [0.5, 0.6) is 0 Å². The van der Waals surface area contributed by atoms with E-state index in [9.17, 15) is 4.39 Å². The molecule has 2 nitrogen and oxygen atoms in total. The van der Waals surface area contributed by atoms with E-state index < -0.39 is 6.04 Å². The van der Waals surface area contributed by atoms with Crippen LogP contribution in [0.3, 0.4) is 0 Å². The highest BCUT2D eigenvalue weighted by Crippen LogP contribution is 2.21. The zero-order chi connectivity index (χ0) is 11.4. The van der Waals surface area contributed by atoms with Crippen LogP contribution in [-0.2, 0) is 0 Å². The summed E-state index contributed by atoms with van der Waals surface area (Å²) in [6.07, 6.45) is 0. The summed E-state index contributed by atoms with van der Waals surface area (Å²) < 4.78 is 12.7. The van der Waals surface area contributed by atoms with Gasteiger partial charge in [-0.25, -0.2) is 4.39 Å². The maximum atomic E-state index is 12.7. The molecule has 1 atom stereocenters. The lowest BCUT2D eigenvalue weighted by Crippen LogP contribution is -2.07. The predicted octanol–water partition coefficient (Wildman–Crippen LogP) is 3.56. The molecule has 0 aliphatic carbocycles. The lowest BCUT2D eigenvalue weighted by Gasteiger charge is -2.11. The summed E-state index contributed by atoms with van der Waals surface area (Å²) in [6.45, 7) is 0. The Morgan fingerprint density at radius 1 is 1.25 bits per heavy atom. The van der Waals surface area contributed by atoms with Gasteiger partial charge in [0, 0.05) is 5.69 Å². The number of nitrogens with zero attached hydrogens (tertiary/aromatic N) is 1. The van der Waals surface area contributed by atoms with Crippen LogP contribution < -0.4 is 5.32 Å². The van der Waals surface area contributed by atoms with Gasteiger partial charge in [0.15, 0.2) is 0 Å². The average Bonchev–Trinajstić information content (AvgIpc) is 2.82. The second kappa shape index (κ2) is 4.77.